The van der Waals surface area contributed by atoms with Crippen LogP contribution in [0.4, 0.5) is 19.0 Å². The van der Waals surface area contributed by atoms with E-state index in [0.29, 0.717) is 0 Å². The van der Waals surface area contributed by atoms with Crippen molar-refractivity contribution < 1.29 is 13.2 Å². The van der Waals surface area contributed by atoms with E-state index in [4.69, 9.17) is 0 Å². The number of halogens is 3. The highest BCUT2D eigenvalue weighted by Crippen LogP contribution is 2.28. The first-order chi connectivity index (χ1) is 11.9. The van der Waals surface area contributed by atoms with Crippen molar-refractivity contribution in [1.29, 1.82) is 0 Å². The topological polar surface area (TPSA) is 41.0 Å². The Hall–Kier alpha value is -2.15. The molecule has 0 radical (unpaired) electrons. The molecule has 1 aromatic heterocycles. The van der Waals surface area contributed by atoms with Crippen LogP contribution in [0.5, 0.6) is 0 Å². The first-order valence-corrected chi connectivity index (χ1v) is 8.34. The van der Waals surface area contributed by atoms with Crippen LogP contribution in [0.25, 0.3) is 0 Å². The number of anilines is 1. The molecule has 2 heterocycles. The van der Waals surface area contributed by atoms with Gasteiger partial charge in [-0.3, -0.25) is 4.90 Å². The predicted octanol–water partition coefficient (Wildman–Crippen LogP) is 3.88. The molecule has 7 heteroatoms. The van der Waals surface area contributed by atoms with Crippen molar-refractivity contribution in [2.45, 2.75) is 38.5 Å². The standard InChI is InChI=1S/C18H21F3N4/c1-13-3-2-4-14(9-13)11-25-7-5-15(6-8-25)24-17-10-16(18(19,20)21)22-12-23-17/h2-4,9-10,12,15H,5-8,11H2,1H3,(H,22,23,24). The molecule has 0 amide bonds. The first kappa shape index (κ1) is 17.7. The minimum atomic E-state index is -4.45. The molecule has 0 bridgehead atoms. The Labute approximate surface area is 145 Å². The van der Waals surface area contributed by atoms with Gasteiger partial charge >= 0.3 is 6.18 Å². The van der Waals surface area contributed by atoms with Gasteiger partial charge in [0.05, 0.1) is 0 Å². The van der Waals surface area contributed by atoms with Crippen LogP contribution in [0.3, 0.4) is 0 Å². The summed E-state index contributed by atoms with van der Waals surface area (Å²) >= 11 is 0. The van der Waals surface area contributed by atoms with Crippen LogP contribution in [0.1, 0.15) is 29.7 Å². The number of aromatic nitrogens is 2. The van der Waals surface area contributed by atoms with E-state index in [1.807, 2.05) is 0 Å². The molecule has 0 atom stereocenters. The van der Waals surface area contributed by atoms with Gasteiger partial charge in [-0.25, -0.2) is 9.97 Å². The fraction of sp³-hybridized carbons (Fsp3) is 0.444. The van der Waals surface area contributed by atoms with Crippen molar-refractivity contribution in [3.63, 3.8) is 0 Å². The third kappa shape index (κ3) is 4.92. The summed E-state index contributed by atoms with van der Waals surface area (Å²) in [6.45, 7) is 4.79. The molecule has 134 valence electrons. The third-order valence-electron chi connectivity index (χ3n) is 4.39. The van der Waals surface area contributed by atoms with Crippen LogP contribution in [-0.2, 0) is 12.7 Å². The Morgan fingerprint density at radius 2 is 1.92 bits per heavy atom. The maximum atomic E-state index is 12.7. The van der Waals surface area contributed by atoms with Gasteiger partial charge in [-0.1, -0.05) is 29.8 Å². The average Bonchev–Trinajstić information content (AvgIpc) is 2.56. The number of piperidine rings is 1. The minimum absolute atomic E-state index is 0.129. The molecule has 1 aliphatic rings. The monoisotopic (exact) mass is 350 g/mol. The molecule has 25 heavy (non-hydrogen) atoms. The zero-order valence-electron chi connectivity index (χ0n) is 14.1. The number of nitrogens with one attached hydrogen (secondary N) is 1. The van der Waals surface area contributed by atoms with Gasteiger partial charge in [0, 0.05) is 31.7 Å². The molecule has 1 fully saturated rings. The number of nitrogens with zero attached hydrogens (tertiary/aromatic N) is 3. The van der Waals surface area contributed by atoms with Crippen LogP contribution in [-0.4, -0.2) is 34.0 Å². The molecule has 0 aliphatic carbocycles. The van der Waals surface area contributed by atoms with Crippen LogP contribution in [0, 0.1) is 6.92 Å². The van der Waals surface area contributed by atoms with Crippen molar-refractivity contribution in [3.05, 3.63) is 53.5 Å². The van der Waals surface area contributed by atoms with Crippen LogP contribution in [0.2, 0.25) is 0 Å². The Bertz CT molecular complexity index is 709. The average molecular weight is 350 g/mol. The van der Waals surface area contributed by atoms with E-state index in [1.165, 1.54) is 11.1 Å². The molecule has 2 aromatic rings. The number of hydrogen-bond donors (Lipinski definition) is 1. The summed E-state index contributed by atoms with van der Waals surface area (Å²) in [5, 5.41) is 3.11. The van der Waals surface area contributed by atoms with Gasteiger partial charge in [-0.15, -0.1) is 0 Å². The Balaban J connectivity index is 1.53. The highest BCUT2D eigenvalue weighted by Gasteiger charge is 2.33. The maximum absolute atomic E-state index is 12.7. The molecule has 1 saturated heterocycles. The van der Waals surface area contributed by atoms with Crippen LogP contribution in [0.15, 0.2) is 36.7 Å². The van der Waals surface area contributed by atoms with Crippen molar-refractivity contribution in [3.8, 4) is 0 Å². The lowest BCUT2D eigenvalue weighted by Gasteiger charge is -2.32. The predicted molar refractivity (Wildman–Crippen MR) is 90.1 cm³/mol. The normalized spacial score (nSPS) is 16.8. The lowest BCUT2D eigenvalue weighted by molar-refractivity contribution is -0.141. The number of aryl methyl sites for hydroxylation is 1. The Kier molecular flexibility index (Phi) is 5.22. The highest BCUT2D eigenvalue weighted by molar-refractivity contribution is 5.37. The van der Waals surface area contributed by atoms with Gasteiger partial charge in [0.2, 0.25) is 0 Å². The summed E-state index contributed by atoms with van der Waals surface area (Å²) < 4.78 is 38.1. The van der Waals surface area contributed by atoms with Crippen molar-refractivity contribution in [2.75, 3.05) is 18.4 Å². The van der Waals surface area contributed by atoms with Crippen LogP contribution < -0.4 is 5.32 Å². The summed E-state index contributed by atoms with van der Waals surface area (Å²) in [5.74, 6) is 0.236. The van der Waals surface area contributed by atoms with Gasteiger partial charge in [0.1, 0.15) is 17.8 Å². The van der Waals surface area contributed by atoms with E-state index in [9.17, 15) is 13.2 Å². The van der Waals surface area contributed by atoms with Gasteiger partial charge in [-0.05, 0) is 25.3 Å². The second-order valence-corrected chi connectivity index (χ2v) is 6.47. The van der Waals surface area contributed by atoms with E-state index in [0.717, 1.165) is 44.9 Å². The molecule has 1 aliphatic heterocycles. The fourth-order valence-corrected chi connectivity index (χ4v) is 3.10. The number of hydrogen-bond acceptors (Lipinski definition) is 4. The second-order valence-electron chi connectivity index (χ2n) is 6.47. The summed E-state index contributed by atoms with van der Waals surface area (Å²) in [4.78, 5) is 9.56. The SMILES string of the molecule is Cc1cccc(CN2CCC(Nc3cc(C(F)(F)F)ncn3)CC2)c1. The third-order valence-corrected chi connectivity index (χ3v) is 4.39. The first-order valence-electron chi connectivity index (χ1n) is 8.34. The van der Waals surface area contributed by atoms with Crippen molar-refractivity contribution in [2.24, 2.45) is 0 Å². The summed E-state index contributed by atoms with van der Waals surface area (Å²) in [5.41, 5.74) is 1.62. The highest BCUT2D eigenvalue weighted by atomic mass is 19.4. The van der Waals surface area contributed by atoms with Gasteiger partial charge in [-0.2, -0.15) is 13.2 Å². The van der Waals surface area contributed by atoms with E-state index in [1.54, 1.807) is 0 Å². The van der Waals surface area contributed by atoms with E-state index in [2.05, 4.69) is 51.4 Å². The minimum Gasteiger partial charge on any atom is -0.367 e. The van der Waals surface area contributed by atoms with Crippen molar-refractivity contribution in [1.82, 2.24) is 14.9 Å². The summed E-state index contributed by atoms with van der Waals surface area (Å²) in [7, 11) is 0. The molecule has 0 saturated carbocycles. The molecular weight excluding hydrogens is 329 g/mol. The molecule has 1 aromatic carbocycles. The lowest BCUT2D eigenvalue weighted by Crippen LogP contribution is -2.38. The molecule has 4 nitrogen and oxygen atoms in total. The van der Waals surface area contributed by atoms with Crippen LogP contribution >= 0.6 is 0 Å². The second kappa shape index (κ2) is 7.39. The van der Waals surface area contributed by atoms with Gasteiger partial charge in [0.25, 0.3) is 0 Å². The fourth-order valence-electron chi connectivity index (χ4n) is 3.10. The summed E-state index contributed by atoms with van der Waals surface area (Å²) in [6, 6.07) is 9.55. The maximum Gasteiger partial charge on any atom is 0.433 e. The summed E-state index contributed by atoms with van der Waals surface area (Å²) in [6.07, 6.45) is -1.75. The molecular formula is C18H21F3N4. The molecule has 1 N–H and O–H groups in total. The zero-order chi connectivity index (χ0) is 17.9. The molecule has 0 spiro atoms. The van der Waals surface area contributed by atoms with Gasteiger partial charge in [0.15, 0.2) is 0 Å². The van der Waals surface area contributed by atoms with E-state index in [-0.39, 0.29) is 11.9 Å². The van der Waals surface area contributed by atoms with E-state index < -0.39 is 11.9 Å². The largest absolute Gasteiger partial charge is 0.433 e. The Morgan fingerprint density at radius 3 is 2.60 bits per heavy atom. The molecule has 0 unspecified atom stereocenters. The Morgan fingerprint density at radius 1 is 1.16 bits per heavy atom. The van der Waals surface area contributed by atoms with Gasteiger partial charge < -0.3 is 5.32 Å². The number of benzene rings is 1. The molecule has 3 rings (SSSR count). The number of likely N-dealkylation sites (tertiary alicyclic amines) is 1. The smallest absolute Gasteiger partial charge is 0.367 e. The van der Waals surface area contributed by atoms with E-state index >= 15 is 0 Å². The number of rotatable bonds is 4. The van der Waals surface area contributed by atoms with Crippen molar-refractivity contribution >= 4 is 5.82 Å². The quantitative estimate of drug-likeness (QED) is 0.909. The number of alkyl halides is 3. The lowest BCUT2D eigenvalue weighted by atomic mass is 10.0. The zero-order valence-corrected chi connectivity index (χ0v) is 14.1.